The van der Waals surface area contributed by atoms with Crippen molar-refractivity contribution in [2.24, 2.45) is 0 Å². The molecule has 0 aliphatic carbocycles. The van der Waals surface area contributed by atoms with E-state index >= 15 is 0 Å². The lowest BCUT2D eigenvalue weighted by Crippen LogP contribution is -2.50. The van der Waals surface area contributed by atoms with Crippen LogP contribution in [-0.2, 0) is 32.2 Å². The largest absolute Gasteiger partial charge is 0.460 e. The van der Waals surface area contributed by atoms with Crippen molar-refractivity contribution in [3.8, 4) is 0 Å². The zero-order valence-corrected chi connectivity index (χ0v) is 14.0. The highest BCUT2D eigenvalue weighted by atomic mass is 16.5. The molecule has 0 saturated heterocycles. The number of rotatable bonds is 8. The van der Waals surface area contributed by atoms with Crippen molar-refractivity contribution in [2.45, 2.75) is 26.9 Å². The third-order valence-corrected chi connectivity index (χ3v) is 2.96. The number of hydrogen-bond donors (Lipinski definition) is 1. The van der Waals surface area contributed by atoms with E-state index in [1.807, 2.05) is 4.98 Å². The number of hydrogen-bond acceptors (Lipinski definition) is 7. The molecule has 10 nitrogen and oxygen atoms in total. The predicted octanol–water partition coefficient (Wildman–Crippen LogP) is -1.06. The van der Waals surface area contributed by atoms with Crippen LogP contribution in [0, 0.1) is 0 Å². The number of nitrogens with zero attached hydrogens (tertiary/aromatic N) is 2. The molecular weight excluding hydrogens is 334 g/mol. The summed E-state index contributed by atoms with van der Waals surface area (Å²) < 4.78 is 11.0. The quantitative estimate of drug-likeness (QED) is 0.465. The maximum atomic E-state index is 12.2. The van der Waals surface area contributed by atoms with Crippen LogP contribution in [0.3, 0.4) is 0 Å². The zero-order valence-electron chi connectivity index (χ0n) is 14.0. The first-order chi connectivity index (χ1) is 11.6. The number of esters is 2. The lowest BCUT2D eigenvalue weighted by Gasteiger charge is -2.10. The lowest BCUT2D eigenvalue weighted by molar-refractivity contribution is -0.140. The van der Waals surface area contributed by atoms with E-state index in [2.05, 4.69) is 13.2 Å². The molecule has 1 aromatic rings. The summed E-state index contributed by atoms with van der Waals surface area (Å²) >= 11 is 0. The molecule has 10 heteroatoms. The van der Waals surface area contributed by atoms with Crippen molar-refractivity contribution in [3.05, 3.63) is 55.8 Å². The van der Waals surface area contributed by atoms with Gasteiger partial charge in [-0.15, -0.1) is 0 Å². The molecule has 1 N–H and O–H groups in total. The molecule has 25 heavy (non-hydrogen) atoms. The van der Waals surface area contributed by atoms with Crippen LogP contribution in [0.25, 0.3) is 0 Å². The SMILES string of the molecule is C=C(C)C(=O)OCCn1c(=O)[nH]c(=O)n(CCOC(=O)C(=C)C)c1=O. The van der Waals surface area contributed by atoms with Crippen LogP contribution in [0.15, 0.2) is 38.7 Å². The summed E-state index contributed by atoms with van der Waals surface area (Å²) in [5.41, 5.74) is -2.43. The van der Waals surface area contributed by atoms with Crippen molar-refractivity contribution in [1.29, 1.82) is 0 Å². The van der Waals surface area contributed by atoms with Gasteiger partial charge in [0.05, 0.1) is 13.1 Å². The third kappa shape index (κ3) is 5.44. The highest BCUT2D eigenvalue weighted by Gasteiger charge is 2.12. The predicted molar refractivity (Wildman–Crippen MR) is 87.1 cm³/mol. The smallest absolute Gasteiger partial charge is 0.336 e. The minimum absolute atomic E-state index is 0.172. The Morgan fingerprint density at radius 2 is 1.24 bits per heavy atom. The second-order valence-electron chi connectivity index (χ2n) is 5.15. The van der Waals surface area contributed by atoms with E-state index in [1.165, 1.54) is 13.8 Å². The van der Waals surface area contributed by atoms with Crippen LogP contribution in [0.1, 0.15) is 13.8 Å². The maximum absolute atomic E-state index is 12.2. The van der Waals surface area contributed by atoms with Gasteiger partial charge in [0.25, 0.3) is 0 Å². The molecule has 0 fully saturated rings. The van der Waals surface area contributed by atoms with E-state index in [1.54, 1.807) is 0 Å². The van der Waals surface area contributed by atoms with E-state index < -0.39 is 29.0 Å². The highest BCUT2D eigenvalue weighted by molar-refractivity contribution is 5.87. The fourth-order valence-electron chi connectivity index (χ4n) is 1.65. The molecule has 0 aromatic carbocycles. The van der Waals surface area contributed by atoms with Crippen molar-refractivity contribution in [1.82, 2.24) is 14.1 Å². The Labute approximate surface area is 142 Å². The molecule has 0 spiro atoms. The number of aromatic amines is 1. The number of H-pyrrole nitrogens is 1. The van der Waals surface area contributed by atoms with E-state index in [0.717, 1.165) is 0 Å². The summed E-state index contributed by atoms with van der Waals surface area (Å²) in [6.07, 6.45) is 0. The summed E-state index contributed by atoms with van der Waals surface area (Å²) in [4.78, 5) is 60.2. The summed E-state index contributed by atoms with van der Waals surface area (Å²) in [7, 11) is 0. The molecule has 136 valence electrons. The van der Waals surface area contributed by atoms with Crippen molar-refractivity contribution >= 4 is 11.9 Å². The number of carbonyl (C=O) groups is 2. The monoisotopic (exact) mass is 353 g/mol. The standard InChI is InChI=1S/C15H19N3O7/c1-9(2)11(19)24-7-5-17-13(21)16-14(22)18(15(17)23)6-8-25-12(20)10(3)4/h1,3,5-8H2,2,4H3,(H,16,21,22). The minimum Gasteiger partial charge on any atom is -0.460 e. The Morgan fingerprint density at radius 1 is 0.880 bits per heavy atom. The molecule has 0 amide bonds. The topological polar surface area (TPSA) is 129 Å². The van der Waals surface area contributed by atoms with Crippen LogP contribution >= 0.6 is 0 Å². The zero-order chi connectivity index (χ0) is 19.1. The molecule has 1 heterocycles. The van der Waals surface area contributed by atoms with Gasteiger partial charge in [0.15, 0.2) is 0 Å². The Morgan fingerprint density at radius 3 is 1.56 bits per heavy atom. The molecular formula is C15H19N3O7. The average Bonchev–Trinajstić information content (AvgIpc) is 2.52. The summed E-state index contributed by atoms with van der Waals surface area (Å²) in [5, 5.41) is 0. The van der Waals surface area contributed by atoms with Gasteiger partial charge >= 0.3 is 29.0 Å². The number of carbonyl (C=O) groups excluding carboxylic acids is 2. The number of aromatic nitrogens is 3. The number of ether oxygens (including phenoxy) is 2. The summed E-state index contributed by atoms with van der Waals surface area (Å²) in [5.74, 6) is -1.32. The Balaban J connectivity index is 2.89. The van der Waals surface area contributed by atoms with Gasteiger partial charge in [-0.1, -0.05) is 13.2 Å². The first-order valence-corrected chi connectivity index (χ1v) is 7.24. The van der Waals surface area contributed by atoms with Crippen molar-refractivity contribution < 1.29 is 19.1 Å². The van der Waals surface area contributed by atoms with E-state index in [9.17, 15) is 24.0 Å². The van der Waals surface area contributed by atoms with E-state index in [0.29, 0.717) is 9.13 Å². The van der Waals surface area contributed by atoms with Gasteiger partial charge < -0.3 is 9.47 Å². The normalized spacial score (nSPS) is 10.2. The van der Waals surface area contributed by atoms with Gasteiger partial charge in [-0.05, 0) is 13.8 Å². The van der Waals surface area contributed by atoms with Gasteiger partial charge in [-0.3, -0.25) is 4.98 Å². The fourth-order valence-corrected chi connectivity index (χ4v) is 1.65. The molecule has 0 aliphatic heterocycles. The molecule has 0 aliphatic rings. The van der Waals surface area contributed by atoms with Crippen LogP contribution in [-0.4, -0.2) is 39.3 Å². The third-order valence-electron chi connectivity index (χ3n) is 2.96. The second kappa shape index (κ2) is 8.62. The summed E-state index contributed by atoms with van der Waals surface area (Å²) in [6.45, 7) is 8.69. The molecule has 1 rings (SSSR count). The van der Waals surface area contributed by atoms with E-state index in [4.69, 9.17) is 9.47 Å². The lowest BCUT2D eigenvalue weighted by atomic mass is 10.4. The van der Waals surface area contributed by atoms with Crippen LogP contribution < -0.4 is 17.1 Å². The Bertz CT molecular complexity index is 805. The Hall–Kier alpha value is -3.17. The first kappa shape index (κ1) is 19.9. The maximum Gasteiger partial charge on any atom is 0.336 e. The minimum atomic E-state index is -0.934. The van der Waals surface area contributed by atoms with Gasteiger partial charge in [-0.25, -0.2) is 33.1 Å². The van der Waals surface area contributed by atoms with E-state index in [-0.39, 0.29) is 37.4 Å². The summed E-state index contributed by atoms with van der Waals surface area (Å²) in [6, 6.07) is 0. The second-order valence-corrected chi connectivity index (χ2v) is 5.15. The van der Waals surface area contributed by atoms with Crippen molar-refractivity contribution in [2.75, 3.05) is 13.2 Å². The fraction of sp³-hybridized carbons (Fsp3) is 0.400. The van der Waals surface area contributed by atoms with Gasteiger partial charge in [0.1, 0.15) is 13.2 Å². The number of nitrogens with one attached hydrogen (secondary N) is 1. The molecule has 0 atom stereocenters. The highest BCUT2D eigenvalue weighted by Crippen LogP contribution is 1.92. The van der Waals surface area contributed by atoms with Gasteiger partial charge in [0, 0.05) is 11.1 Å². The Kier molecular flexibility index (Phi) is 6.85. The van der Waals surface area contributed by atoms with Gasteiger partial charge in [-0.2, -0.15) is 0 Å². The molecule has 0 bridgehead atoms. The molecule has 0 unspecified atom stereocenters. The molecule has 1 aromatic heterocycles. The van der Waals surface area contributed by atoms with Crippen molar-refractivity contribution in [3.63, 3.8) is 0 Å². The van der Waals surface area contributed by atoms with Crippen LogP contribution in [0.2, 0.25) is 0 Å². The average molecular weight is 353 g/mol. The van der Waals surface area contributed by atoms with Gasteiger partial charge in [0.2, 0.25) is 0 Å². The first-order valence-electron chi connectivity index (χ1n) is 7.24. The molecule has 0 radical (unpaired) electrons. The van der Waals surface area contributed by atoms with Crippen LogP contribution in [0.4, 0.5) is 0 Å². The van der Waals surface area contributed by atoms with Crippen LogP contribution in [0.5, 0.6) is 0 Å². The molecule has 0 saturated carbocycles.